The van der Waals surface area contributed by atoms with Gasteiger partial charge in [0.05, 0.1) is 12.7 Å². The van der Waals surface area contributed by atoms with E-state index in [1.54, 1.807) is 0 Å². The largest absolute Gasteiger partial charge is 0.490 e. The maximum absolute atomic E-state index is 6.12. The van der Waals surface area contributed by atoms with Gasteiger partial charge in [-0.2, -0.15) is 0 Å². The van der Waals surface area contributed by atoms with Crippen molar-refractivity contribution in [1.29, 1.82) is 0 Å². The lowest BCUT2D eigenvalue weighted by molar-refractivity contribution is 0.0770. The Hall–Kier alpha value is -1.75. The molecule has 0 aromatic heterocycles. The molecule has 0 amide bonds. The minimum Gasteiger partial charge on any atom is -0.490 e. The first-order valence-electron chi connectivity index (χ1n) is 9.54. The molecule has 0 saturated heterocycles. The number of para-hydroxylation sites is 1. The van der Waals surface area contributed by atoms with E-state index in [0.29, 0.717) is 13.2 Å². The van der Waals surface area contributed by atoms with Gasteiger partial charge < -0.3 is 19.5 Å². The summed E-state index contributed by atoms with van der Waals surface area (Å²) in [6.07, 6.45) is 1.25. The number of ether oxygens (including phenoxy) is 3. The van der Waals surface area contributed by atoms with Crippen molar-refractivity contribution in [3.63, 3.8) is 0 Å². The summed E-state index contributed by atoms with van der Waals surface area (Å²) in [7, 11) is 0. The van der Waals surface area contributed by atoms with E-state index >= 15 is 0 Å². The highest BCUT2D eigenvalue weighted by Crippen LogP contribution is 2.32. The predicted molar refractivity (Wildman–Crippen MR) is 111 cm³/mol. The molecule has 0 atom stereocenters. The van der Waals surface area contributed by atoms with E-state index in [-0.39, 0.29) is 6.10 Å². The van der Waals surface area contributed by atoms with Gasteiger partial charge >= 0.3 is 0 Å². The average molecular weight is 392 g/mol. The zero-order valence-corrected chi connectivity index (χ0v) is 17.2. The summed E-state index contributed by atoms with van der Waals surface area (Å²) in [6.45, 7) is 9.53. The van der Waals surface area contributed by atoms with Gasteiger partial charge in [-0.25, -0.2) is 0 Å². The molecule has 2 aromatic carbocycles. The van der Waals surface area contributed by atoms with Crippen LogP contribution in [0.2, 0.25) is 5.02 Å². The van der Waals surface area contributed by atoms with Crippen LogP contribution in [0.25, 0.3) is 0 Å². The summed E-state index contributed by atoms with van der Waals surface area (Å²) in [6, 6.07) is 13.7. The van der Waals surface area contributed by atoms with Gasteiger partial charge in [0.1, 0.15) is 6.61 Å². The summed E-state index contributed by atoms with van der Waals surface area (Å²) < 4.78 is 17.5. The minimum atomic E-state index is 0.278. The monoisotopic (exact) mass is 391 g/mol. The van der Waals surface area contributed by atoms with E-state index in [1.807, 2.05) is 43.3 Å². The Morgan fingerprint density at radius 3 is 2.52 bits per heavy atom. The molecule has 4 nitrogen and oxygen atoms in total. The van der Waals surface area contributed by atoms with Crippen LogP contribution in [0.15, 0.2) is 42.5 Å². The fourth-order valence-corrected chi connectivity index (χ4v) is 2.73. The Balaban J connectivity index is 1.96. The van der Waals surface area contributed by atoms with Crippen LogP contribution in [0, 0.1) is 0 Å². The molecular weight excluding hydrogens is 362 g/mol. The van der Waals surface area contributed by atoms with Gasteiger partial charge in [0.2, 0.25) is 0 Å². The van der Waals surface area contributed by atoms with Crippen molar-refractivity contribution in [1.82, 2.24) is 5.32 Å². The van der Waals surface area contributed by atoms with Gasteiger partial charge in [0, 0.05) is 23.7 Å². The fraction of sp³-hybridized carbons (Fsp3) is 0.455. The number of hydrogen-bond donors (Lipinski definition) is 1. The first kappa shape index (κ1) is 21.5. The Morgan fingerprint density at radius 1 is 1.04 bits per heavy atom. The normalized spacial score (nSPS) is 11.0. The molecule has 2 rings (SSSR count). The maximum atomic E-state index is 6.12. The molecule has 27 heavy (non-hydrogen) atoms. The Morgan fingerprint density at radius 2 is 1.81 bits per heavy atom. The summed E-state index contributed by atoms with van der Waals surface area (Å²) in [5.74, 6) is 1.56. The summed E-state index contributed by atoms with van der Waals surface area (Å²) >= 11 is 5.95. The molecule has 0 bridgehead atoms. The molecule has 0 radical (unpaired) electrons. The Bertz CT molecular complexity index is 674. The van der Waals surface area contributed by atoms with Crippen molar-refractivity contribution in [3.05, 3.63) is 58.6 Å². The molecule has 0 fully saturated rings. The minimum absolute atomic E-state index is 0.278. The first-order chi connectivity index (χ1) is 13.1. The smallest absolute Gasteiger partial charge is 0.166 e. The zero-order valence-electron chi connectivity index (χ0n) is 16.5. The second-order valence-electron chi connectivity index (χ2n) is 6.54. The van der Waals surface area contributed by atoms with E-state index in [2.05, 4.69) is 25.2 Å². The quantitative estimate of drug-likeness (QED) is 0.503. The molecule has 0 aliphatic carbocycles. The molecule has 0 spiro atoms. The van der Waals surface area contributed by atoms with Gasteiger partial charge in [-0.3, -0.25) is 0 Å². The van der Waals surface area contributed by atoms with E-state index < -0.39 is 0 Å². The van der Waals surface area contributed by atoms with Crippen LogP contribution in [-0.4, -0.2) is 25.9 Å². The molecule has 0 unspecified atom stereocenters. The van der Waals surface area contributed by atoms with Crippen LogP contribution in [-0.2, 0) is 17.9 Å². The first-order valence-corrected chi connectivity index (χ1v) is 9.92. The summed E-state index contributed by atoms with van der Waals surface area (Å²) in [5, 5.41) is 4.18. The number of nitrogens with one attached hydrogen (secondary N) is 1. The van der Waals surface area contributed by atoms with Gasteiger partial charge in [-0.05, 0) is 57.5 Å². The van der Waals surface area contributed by atoms with Crippen molar-refractivity contribution in [2.45, 2.75) is 46.4 Å². The number of halogens is 1. The van der Waals surface area contributed by atoms with Crippen LogP contribution >= 0.6 is 11.6 Å². The lowest BCUT2D eigenvalue weighted by Crippen LogP contribution is -2.18. The highest BCUT2D eigenvalue weighted by molar-refractivity contribution is 6.30. The van der Waals surface area contributed by atoms with E-state index in [0.717, 1.165) is 53.8 Å². The second-order valence-corrected chi connectivity index (χ2v) is 6.98. The number of rotatable bonds is 12. The summed E-state index contributed by atoms with van der Waals surface area (Å²) in [4.78, 5) is 0. The van der Waals surface area contributed by atoms with Crippen molar-refractivity contribution >= 4 is 11.6 Å². The lowest BCUT2D eigenvalue weighted by atomic mass is 10.1. The van der Waals surface area contributed by atoms with Gasteiger partial charge in [0.25, 0.3) is 0 Å². The molecular formula is C22H30ClNO3. The summed E-state index contributed by atoms with van der Waals surface area (Å²) in [5.41, 5.74) is 2.15. The fourth-order valence-electron chi connectivity index (χ4n) is 2.61. The van der Waals surface area contributed by atoms with Crippen LogP contribution in [0.1, 0.15) is 38.3 Å². The topological polar surface area (TPSA) is 39.7 Å². The van der Waals surface area contributed by atoms with Crippen molar-refractivity contribution in [2.24, 2.45) is 0 Å². The molecule has 1 N–H and O–H groups in total. The molecule has 0 saturated carbocycles. The third kappa shape index (κ3) is 7.79. The third-order valence-electron chi connectivity index (χ3n) is 3.92. The molecule has 0 aliphatic rings. The second kappa shape index (κ2) is 11.9. The van der Waals surface area contributed by atoms with E-state index in [1.165, 1.54) is 0 Å². The number of hydrogen-bond acceptors (Lipinski definition) is 4. The predicted octanol–water partition coefficient (Wildman–Crippen LogP) is 5.22. The standard InChI is InChI=1S/C22H30ClNO3/c1-4-25-21-8-5-7-19(15-24-13-6-14-26-17(2)3)22(21)27-16-18-9-11-20(23)12-10-18/h5,7-12,17,24H,4,6,13-16H2,1-3H3. The Kier molecular flexibility index (Phi) is 9.46. The lowest BCUT2D eigenvalue weighted by Gasteiger charge is -2.17. The molecule has 0 aliphatic heterocycles. The van der Waals surface area contributed by atoms with Crippen LogP contribution in [0.5, 0.6) is 11.5 Å². The average Bonchev–Trinajstić information content (AvgIpc) is 2.65. The van der Waals surface area contributed by atoms with Crippen LogP contribution in [0.3, 0.4) is 0 Å². The van der Waals surface area contributed by atoms with E-state index in [4.69, 9.17) is 25.8 Å². The maximum Gasteiger partial charge on any atom is 0.166 e. The van der Waals surface area contributed by atoms with Gasteiger partial charge in [0.15, 0.2) is 11.5 Å². The van der Waals surface area contributed by atoms with Crippen molar-refractivity contribution in [2.75, 3.05) is 19.8 Å². The van der Waals surface area contributed by atoms with Crippen molar-refractivity contribution in [3.8, 4) is 11.5 Å². The van der Waals surface area contributed by atoms with Gasteiger partial charge in [-0.15, -0.1) is 0 Å². The molecule has 5 heteroatoms. The van der Waals surface area contributed by atoms with Crippen LogP contribution < -0.4 is 14.8 Å². The molecule has 148 valence electrons. The number of benzene rings is 2. The Labute approximate surface area is 167 Å². The van der Waals surface area contributed by atoms with E-state index in [9.17, 15) is 0 Å². The zero-order chi connectivity index (χ0) is 19.5. The van der Waals surface area contributed by atoms with Crippen molar-refractivity contribution < 1.29 is 14.2 Å². The SMILES string of the molecule is CCOc1cccc(CNCCCOC(C)C)c1OCc1ccc(Cl)cc1. The highest BCUT2D eigenvalue weighted by atomic mass is 35.5. The molecule has 2 aromatic rings. The van der Waals surface area contributed by atoms with Gasteiger partial charge in [-0.1, -0.05) is 35.9 Å². The third-order valence-corrected chi connectivity index (χ3v) is 4.17. The highest BCUT2D eigenvalue weighted by Gasteiger charge is 2.11. The molecule has 0 heterocycles. The van der Waals surface area contributed by atoms with Crippen LogP contribution in [0.4, 0.5) is 0 Å².